The lowest BCUT2D eigenvalue weighted by atomic mass is 9.72. The van der Waals surface area contributed by atoms with E-state index in [0.29, 0.717) is 16.9 Å². The Hall–Kier alpha value is -4.26. The molecule has 2 aliphatic carbocycles. The third kappa shape index (κ3) is 2.91. The van der Waals surface area contributed by atoms with E-state index in [-0.39, 0.29) is 17.9 Å². The van der Waals surface area contributed by atoms with Gasteiger partial charge in [0.05, 0.1) is 21.9 Å². The van der Waals surface area contributed by atoms with Gasteiger partial charge < -0.3 is 9.30 Å². The molecule has 0 saturated heterocycles. The quantitative estimate of drug-likeness (QED) is 0.174. The molecular weight excluding hydrogens is 444 g/mol. The molecule has 0 saturated carbocycles. The average molecular weight is 466 g/mol. The second kappa shape index (κ2) is 7.12. The van der Waals surface area contributed by atoms with E-state index in [2.05, 4.69) is 0 Å². The predicted octanol–water partition coefficient (Wildman–Crippen LogP) is 6.40. The van der Waals surface area contributed by atoms with E-state index in [4.69, 9.17) is 4.74 Å². The number of esters is 1. The minimum Gasteiger partial charge on any atom is -0.455 e. The first-order valence-electron chi connectivity index (χ1n) is 11.5. The Bertz CT molecular complexity index is 1590. The second-order valence-electron chi connectivity index (χ2n) is 9.88. The molecule has 4 aromatic rings. The van der Waals surface area contributed by atoms with Crippen LogP contribution in [-0.2, 0) is 9.53 Å². The van der Waals surface area contributed by atoms with E-state index in [0.717, 1.165) is 33.2 Å². The lowest BCUT2D eigenvalue weighted by Crippen LogP contribution is -2.35. The first-order chi connectivity index (χ1) is 16.7. The first kappa shape index (κ1) is 21.3. The van der Waals surface area contributed by atoms with Crippen LogP contribution in [0.5, 0.6) is 0 Å². The van der Waals surface area contributed by atoms with Gasteiger partial charge in [-0.3, -0.25) is 19.7 Å². The maximum atomic E-state index is 13.7. The van der Waals surface area contributed by atoms with Crippen LogP contribution in [0.15, 0.2) is 60.7 Å². The van der Waals surface area contributed by atoms with E-state index >= 15 is 0 Å². The fourth-order valence-electron chi connectivity index (χ4n) is 5.72. The second-order valence-corrected chi connectivity index (χ2v) is 9.88. The molecular formula is C28H22N2O5. The van der Waals surface area contributed by atoms with Gasteiger partial charge in [0.25, 0.3) is 5.69 Å². The summed E-state index contributed by atoms with van der Waals surface area (Å²) in [6.07, 6.45) is -0.430. The van der Waals surface area contributed by atoms with Gasteiger partial charge in [0.2, 0.25) is 0 Å². The van der Waals surface area contributed by atoms with E-state index in [1.807, 2.05) is 54.8 Å². The number of hydrogen-bond donors (Lipinski definition) is 0. The molecule has 3 aromatic carbocycles. The topological polar surface area (TPSA) is 91.4 Å². The Morgan fingerprint density at radius 1 is 1.03 bits per heavy atom. The fourth-order valence-corrected chi connectivity index (χ4v) is 5.72. The molecule has 0 N–H and O–H groups in total. The van der Waals surface area contributed by atoms with E-state index in [1.165, 1.54) is 19.1 Å². The normalized spacial score (nSPS) is 17.2. The Morgan fingerprint density at radius 3 is 2.31 bits per heavy atom. The molecule has 2 aliphatic rings. The lowest BCUT2D eigenvalue weighted by Gasteiger charge is -2.38. The van der Waals surface area contributed by atoms with Crippen molar-refractivity contribution >= 4 is 28.2 Å². The zero-order valence-electron chi connectivity index (χ0n) is 19.5. The summed E-state index contributed by atoms with van der Waals surface area (Å²) in [5.41, 5.74) is 4.82. The molecule has 7 heteroatoms. The van der Waals surface area contributed by atoms with Crippen LogP contribution in [0.2, 0.25) is 0 Å². The third-order valence-electron chi connectivity index (χ3n) is 7.09. The van der Waals surface area contributed by atoms with E-state index in [9.17, 15) is 19.7 Å². The number of carbonyl (C=O) groups excluding carboxylic acids is 2. The number of hydrogen-bond acceptors (Lipinski definition) is 5. The molecule has 0 radical (unpaired) electrons. The van der Waals surface area contributed by atoms with Crippen molar-refractivity contribution in [2.75, 3.05) is 0 Å². The number of nitro benzene ring substituents is 1. The number of Topliss-reactive ketones (excluding diaryl/α,β-unsaturated/α-hetero) is 1. The molecule has 1 aromatic heterocycles. The van der Waals surface area contributed by atoms with Gasteiger partial charge in [-0.2, -0.15) is 0 Å². The number of nitro groups is 1. The third-order valence-corrected chi connectivity index (χ3v) is 7.09. The monoisotopic (exact) mass is 466 g/mol. The molecule has 0 spiro atoms. The molecule has 7 nitrogen and oxygen atoms in total. The first-order valence-corrected chi connectivity index (χ1v) is 11.5. The van der Waals surface area contributed by atoms with E-state index in [1.54, 1.807) is 12.1 Å². The number of ketones is 1. The van der Waals surface area contributed by atoms with Crippen molar-refractivity contribution in [1.29, 1.82) is 0 Å². The molecule has 0 fully saturated rings. The summed E-state index contributed by atoms with van der Waals surface area (Å²) in [5, 5.41) is 13.4. The van der Waals surface area contributed by atoms with Gasteiger partial charge in [-0.1, -0.05) is 50.2 Å². The molecule has 6 rings (SSSR count). The smallest absolute Gasteiger partial charge is 0.303 e. The maximum Gasteiger partial charge on any atom is 0.303 e. The Labute approximate surface area is 201 Å². The van der Waals surface area contributed by atoms with Crippen LogP contribution in [0.4, 0.5) is 5.69 Å². The van der Waals surface area contributed by atoms with Crippen molar-refractivity contribution in [3.63, 3.8) is 0 Å². The van der Waals surface area contributed by atoms with Crippen LogP contribution in [-0.4, -0.2) is 21.2 Å². The van der Waals surface area contributed by atoms with Crippen LogP contribution in [0.25, 0.3) is 38.8 Å². The Balaban J connectivity index is 1.75. The molecule has 35 heavy (non-hydrogen) atoms. The minimum absolute atomic E-state index is 0.00452. The van der Waals surface area contributed by atoms with Gasteiger partial charge in [-0.15, -0.1) is 0 Å². The Morgan fingerprint density at radius 2 is 1.69 bits per heavy atom. The van der Waals surface area contributed by atoms with Crippen molar-refractivity contribution in [3.05, 3.63) is 82.0 Å². The summed E-state index contributed by atoms with van der Waals surface area (Å²) in [4.78, 5) is 36.8. The SMILES string of the molecule is CC(=O)OC1c2c(c3c(n2-c2ccc([N+](=O)[O-])cc2)-c2cccc4cccc-3c24)C(=O)CC1(C)C. The number of carbonyl (C=O) groups is 2. The highest BCUT2D eigenvalue weighted by atomic mass is 16.6. The van der Waals surface area contributed by atoms with Crippen LogP contribution in [0.3, 0.4) is 0 Å². The van der Waals surface area contributed by atoms with E-state index < -0.39 is 22.4 Å². The molecule has 1 unspecified atom stereocenters. The van der Waals surface area contributed by atoms with Gasteiger partial charge in [0.1, 0.15) is 6.10 Å². The molecule has 0 aliphatic heterocycles. The summed E-state index contributed by atoms with van der Waals surface area (Å²) in [6.45, 7) is 5.22. The van der Waals surface area contributed by atoms with Gasteiger partial charge in [-0.05, 0) is 28.5 Å². The van der Waals surface area contributed by atoms with Gasteiger partial charge in [-0.25, -0.2) is 0 Å². The largest absolute Gasteiger partial charge is 0.455 e. The fraction of sp³-hybridized carbons (Fsp3) is 0.214. The summed E-state index contributed by atoms with van der Waals surface area (Å²) in [6, 6.07) is 18.4. The van der Waals surface area contributed by atoms with Crippen molar-refractivity contribution in [3.8, 4) is 28.1 Å². The number of non-ortho nitro benzene ring substituents is 1. The van der Waals surface area contributed by atoms with Gasteiger partial charge in [0.15, 0.2) is 5.78 Å². The summed E-state index contributed by atoms with van der Waals surface area (Å²) in [7, 11) is 0. The van der Waals surface area contributed by atoms with Gasteiger partial charge >= 0.3 is 5.97 Å². The van der Waals surface area contributed by atoms with Crippen LogP contribution in [0, 0.1) is 15.5 Å². The highest BCUT2D eigenvalue weighted by molar-refractivity contribution is 6.21. The average Bonchev–Trinajstić information content (AvgIpc) is 3.32. The standard InChI is InChI=1S/C28H22N2O5/c1-15(31)35-27-26-24(21(32)14-28(27,2)3)23-19-8-4-6-16-7-5-9-20(22(16)19)25(23)29(26)17-10-12-18(13-11-17)30(33)34/h4-13,27H,14H2,1-3H3. The number of fused-ring (bicyclic) bond motifs is 5. The van der Waals surface area contributed by atoms with Crippen molar-refractivity contribution < 1.29 is 19.2 Å². The molecule has 0 bridgehead atoms. The Kier molecular flexibility index (Phi) is 4.33. The summed E-state index contributed by atoms with van der Waals surface area (Å²) < 4.78 is 7.85. The highest BCUT2D eigenvalue weighted by Gasteiger charge is 2.48. The van der Waals surface area contributed by atoms with Gasteiger partial charge in [0, 0.05) is 47.7 Å². The van der Waals surface area contributed by atoms with Crippen LogP contribution < -0.4 is 0 Å². The molecule has 0 amide bonds. The van der Waals surface area contributed by atoms with Crippen molar-refractivity contribution in [2.45, 2.75) is 33.3 Å². The van der Waals surface area contributed by atoms with Crippen molar-refractivity contribution in [2.24, 2.45) is 5.41 Å². The zero-order chi connectivity index (χ0) is 24.6. The molecule has 1 atom stereocenters. The highest BCUT2D eigenvalue weighted by Crippen LogP contribution is 2.57. The lowest BCUT2D eigenvalue weighted by molar-refractivity contribution is -0.384. The van der Waals surface area contributed by atoms with Crippen LogP contribution in [0.1, 0.15) is 49.3 Å². The van der Waals surface area contributed by atoms with Crippen molar-refractivity contribution in [1.82, 2.24) is 4.57 Å². The molecule has 1 heterocycles. The maximum absolute atomic E-state index is 13.7. The zero-order valence-corrected chi connectivity index (χ0v) is 19.5. The summed E-state index contributed by atoms with van der Waals surface area (Å²) >= 11 is 0. The number of rotatable bonds is 3. The molecule has 174 valence electrons. The summed E-state index contributed by atoms with van der Waals surface area (Å²) in [5.74, 6) is -0.433. The predicted molar refractivity (Wildman–Crippen MR) is 132 cm³/mol. The number of benzene rings is 3. The number of nitrogens with zero attached hydrogens (tertiary/aromatic N) is 2. The number of aromatic nitrogens is 1. The van der Waals surface area contributed by atoms with Crippen LogP contribution >= 0.6 is 0 Å². The minimum atomic E-state index is -0.667. The number of ether oxygens (including phenoxy) is 1.